The zero-order valence-electron chi connectivity index (χ0n) is 12.7. The van der Waals surface area contributed by atoms with Gasteiger partial charge in [0.1, 0.15) is 0 Å². The van der Waals surface area contributed by atoms with E-state index in [1.165, 1.54) is 24.9 Å². The molecule has 0 radical (unpaired) electrons. The predicted octanol–water partition coefficient (Wildman–Crippen LogP) is 2.86. The second-order valence-electron chi connectivity index (χ2n) is 6.04. The minimum Gasteiger partial charge on any atom is -0.326 e. The molecule has 0 aromatic heterocycles. The molecule has 3 nitrogen and oxygen atoms in total. The molecule has 112 valence electrons. The normalized spacial score (nSPS) is 23.2. The maximum absolute atomic E-state index is 6.27. The number of likely N-dealkylation sites (tertiary alicyclic amines) is 1. The van der Waals surface area contributed by atoms with Crippen molar-refractivity contribution in [2.75, 3.05) is 27.2 Å². The number of likely N-dealkylation sites (N-methyl/N-ethyl adjacent to an activating group) is 2. The standard InChI is InChI=1S/C16H26BrN3/c1-12(18)16(14-8-4-5-9-15(14)17)20(3)11-13-7-6-10-19(13)2/h4-5,8-9,12-13,16H,6-7,10-11,18H2,1-3H3. The van der Waals surface area contributed by atoms with E-state index in [0.717, 1.165) is 11.0 Å². The van der Waals surface area contributed by atoms with Crippen molar-refractivity contribution in [3.63, 3.8) is 0 Å². The van der Waals surface area contributed by atoms with Gasteiger partial charge >= 0.3 is 0 Å². The van der Waals surface area contributed by atoms with Crippen molar-refractivity contribution in [2.45, 2.75) is 37.9 Å². The molecule has 1 aromatic rings. The SMILES string of the molecule is CC(N)C(c1ccccc1Br)N(C)CC1CCCN1C. The lowest BCUT2D eigenvalue weighted by Crippen LogP contribution is -2.43. The first-order valence-corrected chi connectivity index (χ1v) is 8.20. The first-order valence-electron chi connectivity index (χ1n) is 7.41. The molecule has 1 fully saturated rings. The van der Waals surface area contributed by atoms with Crippen LogP contribution in [0, 0.1) is 0 Å². The molecule has 1 aromatic carbocycles. The van der Waals surface area contributed by atoms with Crippen molar-refractivity contribution in [2.24, 2.45) is 5.73 Å². The Morgan fingerprint density at radius 3 is 2.70 bits per heavy atom. The molecule has 3 unspecified atom stereocenters. The molecule has 0 amide bonds. The fourth-order valence-corrected chi connectivity index (χ4v) is 3.81. The molecule has 1 heterocycles. The maximum Gasteiger partial charge on any atom is 0.0505 e. The summed E-state index contributed by atoms with van der Waals surface area (Å²) in [5.74, 6) is 0. The third kappa shape index (κ3) is 3.61. The van der Waals surface area contributed by atoms with E-state index >= 15 is 0 Å². The van der Waals surface area contributed by atoms with Crippen molar-refractivity contribution in [3.8, 4) is 0 Å². The van der Waals surface area contributed by atoms with Crippen molar-refractivity contribution in [3.05, 3.63) is 34.3 Å². The average molecular weight is 340 g/mol. The van der Waals surface area contributed by atoms with Crippen LogP contribution in [0.5, 0.6) is 0 Å². The number of nitrogens with zero attached hydrogens (tertiary/aromatic N) is 2. The molecule has 1 aliphatic heterocycles. The van der Waals surface area contributed by atoms with E-state index in [0.29, 0.717) is 6.04 Å². The lowest BCUT2D eigenvalue weighted by atomic mass is 9.99. The van der Waals surface area contributed by atoms with Gasteiger partial charge in [-0.1, -0.05) is 34.1 Å². The molecular formula is C16H26BrN3. The predicted molar refractivity (Wildman–Crippen MR) is 88.8 cm³/mol. The van der Waals surface area contributed by atoms with Gasteiger partial charge in [-0.2, -0.15) is 0 Å². The van der Waals surface area contributed by atoms with Gasteiger partial charge in [0.05, 0.1) is 6.04 Å². The second kappa shape index (κ2) is 7.03. The molecule has 3 atom stereocenters. The highest BCUT2D eigenvalue weighted by Gasteiger charge is 2.28. The highest BCUT2D eigenvalue weighted by atomic mass is 79.9. The number of nitrogens with two attached hydrogens (primary N) is 1. The molecule has 0 spiro atoms. The van der Waals surface area contributed by atoms with Gasteiger partial charge in [-0.05, 0) is 52.0 Å². The summed E-state index contributed by atoms with van der Waals surface area (Å²) in [5, 5.41) is 0. The third-order valence-corrected chi connectivity index (χ3v) is 5.09. The molecule has 0 bridgehead atoms. The summed E-state index contributed by atoms with van der Waals surface area (Å²) in [6.07, 6.45) is 2.61. The van der Waals surface area contributed by atoms with Gasteiger partial charge < -0.3 is 10.6 Å². The Morgan fingerprint density at radius 1 is 1.45 bits per heavy atom. The van der Waals surface area contributed by atoms with Gasteiger partial charge in [-0.15, -0.1) is 0 Å². The van der Waals surface area contributed by atoms with Crippen molar-refractivity contribution < 1.29 is 0 Å². The Balaban J connectivity index is 2.14. The molecule has 0 saturated carbocycles. The Kier molecular flexibility index (Phi) is 5.61. The van der Waals surface area contributed by atoms with Crippen LogP contribution in [0.3, 0.4) is 0 Å². The van der Waals surface area contributed by atoms with E-state index in [4.69, 9.17) is 5.73 Å². The van der Waals surface area contributed by atoms with Crippen LogP contribution in [0.2, 0.25) is 0 Å². The summed E-state index contributed by atoms with van der Waals surface area (Å²) in [6, 6.07) is 9.42. The van der Waals surface area contributed by atoms with E-state index in [1.54, 1.807) is 0 Å². The Bertz CT molecular complexity index is 435. The van der Waals surface area contributed by atoms with E-state index in [-0.39, 0.29) is 12.1 Å². The van der Waals surface area contributed by atoms with Gasteiger partial charge in [0.15, 0.2) is 0 Å². The summed E-state index contributed by atoms with van der Waals surface area (Å²) in [6.45, 7) is 4.39. The van der Waals surface area contributed by atoms with Crippen LogP contribution in [0.1, 0.15) is 31.4 Å². The van der Waals surface area contributed by atoms with E-state index in [2.05, 4.69) is 71.0 Å². The van der Waals surface area contributed by atoms with Crippen LogP contribution in [0.15, 0.2) is 28.7 Å². The van der Waals surface area contributed by atoms with Crippen LogP contribution < -0.4 is 5.73 Å². The summed E-state index contributed by atoms with van der Waals surface area (Å²) in [4.78, 5) is 4.88. The minimum atomic E-state index is 0.102. The van der Waals surface area contributed by atoms with Gasteiger partial charge in [0.2, 0.25) is 0 Å². The summed E-state index contributed by atoms with van der Waals surface area (Å²) in [5.41, 5.74) is 7.55. The molecule has 20 heavy (non-hydrogen) atoms. The van der Waals surface area contributed by atoms with Crippen molar-refractivity contribution >= 4 is 15.9 Å². The molecule has 1 saturated heterocycles. The Hall–Kier alpha value is -0.420. The molecule has 2 N–H and O–H groups in total. The first-order chi connectivity index (χ1) is 9.50. The zero-order chi connectivity index (χ0) is 14.7. The van der Waals surface area contributed by atoms with E-state index in [1.807, 2.05) is 0 Å². The fraction of sp³-hybridized carbons (Fsp3) is 0.625. The van der Waals surface area contributed by atoms with E-state index in [9.17, 15) is 0 Å². The van der Waals surface area contributed by atoms with Crippen molar-refractivity contribution in [1.29, 1.82) is 0 Å². The smallest absolute Gasteiger partial charge is 0.0505 e. The number of rotatable bonds is 5. The topological polar surface area (TPSA) is 32.5 Å². The summed E-state index contributed by atoms with van der Waals surface area (Å²) in [7, 11) is 4.42. The number of hydrogen-bond donors (Lipinski definition) is 1. The highest BCUT2D eigenvalue weighted by Crippen LogP contribution is 2.30. The van der Waals surface area contributed by atoms with Crippen LogP contribution in [0.25, 0.3) is 0 Å². The van der Waals surface area contributed by atoms with Crippen LogP contribution in [-0.4, -0.2) is 49.1 Å². The van der Waals surface area contributed by atoms with Gasteiger partial charge in [0, 0.05) is 23.1 Å². The Labute approximate surface area is 131 Å². The first kappa shape index (κ1) is 16.0. The fourth-order valence-electron chi connectivity index (χ4n) is 3.29. The van der Waals surface area contributed by atoms with Crippen molar-refractivity contribution in [1.82, 2.24) is 9.80 Å². The van der Waals surface area contributed by atoms with Crippen LogP contribution in [0.4, 0.5) is 0 Å². The van der Waals surface area contributed by atoms with Gasteiger partial charge in [-0.25, -0.2) is 0 Å². The monoisotopic (exact) mass is 339 g/mol. The summed E-state index contributed by atoms with van der Waals surface area (Å²) < 4.78 is 1.15. The number of benzene rings is 1. The maximum atomic E-state index is 6.27. The Morgan fingerprint density at radius 2 is 2.15 bits per heavy atom. The zero-order valence-corrected chi connectivity index (χ0v) is 14.3. The molecule has 2 rings (SSSR count). The highest BCUT2D eigenvalue weighted by molar-refractivity contribution is 9.10. The van der Waals surface area contributed by atoms with E-state index < -0.39 is 0 Å². The largest absolute Gasteiger partial charge is 0.326 e. The van der Waals surface area contributed by atoms with Crippen LogP contribution >= 0.6 is 15.9 Å². The lowest BCUT2D eigenvalue weighted by Gasteiger charge is -2.35. The molecular weight excluding hydrogens is 314 g/mol. The van der Waals surface area contributed by atoms with Gasteiger partial charge in [0.25, 0.3) is 0 Å². The second-order valence-corrected chi connectivity index (χ2v) is 6.90. The number of halogens is 1. The van der Waals surface area contributed by atoms with Crippen LogP contribution in [-0.2, 0) is 0 Å². The summed E-state index contributed by atoms with van der Waals surface area (Å²) >= 11 is 3.67. The van der Waals surface area contributed by atoms with Gasteiger partial charge in [-0.3, -0.25) is 4.90 Å². The quantitative estimate of drug-likeness (QED) is 0.895. The molecule has 4 heteroatoms. The third-order valence-electron chi connectivity index (χ3n) is 4.37. The molecule has 0 aliphatic carbocycles. The average Bonchev–Trinajstić information content (AvgIpc) is 2.77. The lowest BCUT2D eigenvalue weighted by molar-refractivity contribution is 0.162. The number of hydrogen-bond acceptors (Lipinski definition) is 3. The molecule has 1 aliphatic rings. The minimum absolute atomic E-state index is 0.102.